The van der Waals surface area contributed by atoms with Gasteiger partial charge in [-0.25, -0.2) is 4.79 Å². The second-order valence-corrected chi connectivity index (χ2v) is 6.98. The first-order valence-corrected chi connectivity index (χ1v) is 9.10. The van der Waals surface area contributed by atoms with Crippen LogP contribution in [0.2, 0.25) is 0 Å². The molecule has 2 N–H and O–H groups in total. The van der Waals surface area contributed by atoms with Crippen LogP contribution in [0.1, 0.15) is 44.1 Å². The van der Waals surface area contributed by atoms with Gasteiger partial charge in [0.15, 0.2) is 0 Å². The van der Waals surface area contributed by atoms with Crippen LogP contribution in [0, 0.1) is 5.92 Å². The first-order valence-electron chi connectivity index (χ1n) is 9.10. The molecule has 2 fully saturated rings. The molecule has 0 bridgehead atoms. The Bertz CT molecular complexity index is 477. The van der Waals surface area contributed by atoms with Gasteiger partial charge in [0.1, 0.15) is 6.54 Å². The van der Waals surface area contributed by atoms with Gasteiger partial charge in [-0.15, -0.1) is 0 Å². The summed E-state index contributed by atoms with van der Waals surface area (Å²) in [6, 6.07) is 11.4. The van der Waals surface area contributed by atoms with E-state index in [4.69, 9.17) is 4.74 Å². The van der Waals surface area contributed by atoms with Crippen molar-refractivity contribution in [3.63, 3.8) is 0 Å². The number of hydrogen-bond donors (Lipinski definition) is 1. The number of carbonyl (C=O) groups excluding carboxylic acids is 1. The average molecular weight is 317 g/mol. The molecule has 1 aliphatic carbocycles. The summed E-state index contributed by atoms with van der Waals surface area (Å²) in [7, 11) is 0. The van der Waals surface area contributed by atoms with Gasteiger partial charge in [-0.05, 0) is 44.4 Å². The fourth-order valence-corrected chi connectivity index (χ4v) is 3.69. The predicted molar refractivity (Wildman–Crippen MR) is 90.0 cm³/mol. The Morgan fingerprint density at radius 2 is 1.78 bits per heavy atom. The van der Waals surface area contributed by atoms with E-state index in [2.05, 4.69) is 35.6 Å². The molecule has 1 aromatic rings. The molecule has 1 aromatic carbocycles. The van der Waals surface area contributed by atoms with Crippen molar-refractivity contribution in [3.05, 3.63) is 35.9 Å². The monoisotopic (exact) mass is 317 g/mol. The van der Waals surface area contributed by atoms with Crippen LogP contribution in [-0.4, -0.2) is 36.7 Å². The number of rotatable bonds is 5. The van der Waals surface area contributed by atoms with Crippen LogP contribution in [0.25, 0.3) is 0 Å². The molecule has 1 aliphatic heterocycles. The molecule has 23 heavy (non-hydrogen) atoms. The van der Waals surface area contributed by atoms with Crippen molar-refractivity contribution in [3.8, 4) is 0 Å². The van der Waals surface area contributed by atoms with Crippen LogP contribution >= 0.6 is 0 Å². The van der Waals surface area contributed by atoms with Crippen LogP contribution in [0.3, 0.4) is 0 Å². The highest BCUT2D eigenvalue weighted by molar-refractivity contribution is 5.67. The van der Waals surface area contributed by atoms with Gasteiger partial charge in [-0.3, -0.25) is 0 Å². The van der Waals surface area contributed by atoms with Crippen molar-refractivity contribution in [2.24, 2.45) is 5.92 Å². The molecule has 4 heteroatoms. The smallest absolute Gasteiger partial charge is 0.409 e. The summed E-state index contributed by atoms with van der Waals surface area (Å²) >= 11 is 0. The minimum absolute atomic E-state index is 0.0970. The van der Waals surface area contributed by atoms with Gasteiger partial charge in [0.2, 0.25) is 0 Å². The van der Waals surface area contributed by atoms with E-state index in [0.717, 1.165) is 38.5 Å². The molecule has 1 saturated heterocycles. The third-order valence-corrected chi connectivity index (χ3v) is 5.23. The Hall–Kier alpha value is -1.55. The van der Waals surface area contributed by atoms with Gasteiger partial charge in [-0.1, -0.05) is 30.3 Å². The van der Waals surface area contributed by atoms with E-state index in [-0.39, 0.29) is 6.09 Å². The molecule has 0 unspecified atom stereocenters. The fourth-order valence-electron chi connectivity index (χ4n) is 3.69. The summed E-state index contributed by atoms with van der Waals surface area (Å²) in [6.07, 6.45) is 6.99. The topological polar surface area (TPSA) is 46.1 Å². The molecule has 0 radical (unpaired) electrons. The number of nitrogens with zero attached hydrogens (tertiary/aromatic N) is 1. The van der Waals surface area contributed by atoms with Crippen LogP contribution in [0.5, 0.6) is 0 Å². The summed E-state index contributed by atoms with van der Waals surface area (Å²) < 4.78 is 5.51. The minimum atomic E-state index is -0.0970. The molecule has 126 valence electrons. The lowest BCUT2D eigenvalue weighted by molar-refractivity contribution is -0.707. The van der Waals surface area contributed by atoms with Gasteiger partial charge >= 0.3 is 6.09 Å². The highest BCUT2D eigenvalue weighted by Gasteiger charge is 2.25. The fraction of sp³-hybridized carbons (Fsp3) is 0.632. The molecule has 1 heterocycles. The predicted octanol–water partition coefficient (Wildman–Crippen LogP) is 2.54. The molecule has 0 atom stereocenters. The lowest BCUT2D eigenvalue weighted by Crippen LogP contribution is -2.88. The number of nitrogens with two attached hydrogens (primary N) is 1. The lowest BCUT2D eigenvalue weighted by atomic mass is 9.86. The zero-order valence-corrected chi connectivity index (χ0v) is 14.0. The molecule has 0 aromatic heterocycles. The number of quaternary nitrogens is 1. The summed E-state index contributed by atoms with van der Waals surface area (Å²) in [6.45, 7) is 3.43. The SMILES string of the molecule is O=C(OCC1CCC([NH2+]Cc2ccccc2)CC1)N1CCCC1. The number of ether oxygens (including phenoxy) is 1. The van der Waals surface area contributed by atoms with Crippen LogP contribution in [0.4, 0.5) is 4.79 Å². The van der Waals surface area contributed by atoms with Gasteiger partial charge in [0, 0.05) is 18.7 Å². The zero-order chi connectivity index (χ0) is 15.9. The zero-order valence-electron chi connectivity index (χ0n) is 14.0. The highest BCUT2D eigenvalue weighted by atomic mass is 16.6. The maximum absolute atomic E-state index is 11.9. The maximum atomic E-state index is 11.9. The Kier molecular flexibility index (Phi) is 5.92. The molecular weight excluding hydrogens is 288 g/mol. The van der Waals surface area contributed by atoms with E-state index in [9.17, 15) is 4.79 Å². The maximum Gasteiger partial charge on any atom is 0.409 e. The molecular formula is C19H29N2O2+. The first-order chi connectivity index (χ1) is 11.3. The third-order valence-electron chi connectivity index (χ3n) is 5.23. The van der Waals surface area contributed by atoms with Crippen LogP contribution < -0.4 is 5.32 Å². The van der Waals surface area contributed by atoms with Crippen molar-refractivity contribution < 1.29 is 14.8 Å². The van der Waals surface area contributed by atoms with E-state index < -0.39 is 0 Å². The Morgan fingerprint density at radius 1 is 1.09 bits per heavy atom. The molecule has 0 spiro atoms. The normalized spacial score (nSPS) is 24.6. The van der Waals surface area contributed by atoms with Crippen molar-refractivity contribution in [2.45, 2.75) is 51.1 Å². The Morgan fingerprint density at radius 3 is 2.48 bits per heavy atom. The first kappa shape index (κ1) is 16.3. The molecule has 1 amide bonds. The largest absolute Gasteiger partial charge is 0.449 e. The number of likely N-dealkylation sites (tertiary alicyclic amines) is 1. The summed E-state index contributed by atoms with van der Waals surface area (Å²) in [5.74, 6) is 0.558. The lowest BCUT2D eigenvalue weighted by Gasteiger charge is -2.27. The van der Waals surface area contributed by atoms with Crippen LogP contribution in [0.15, 0.2) is 30.3 Å². The number of benzene rings is 1. The molecule has 4 nitrogen and oxygen atoms in total. The van der Waals surface area contributed by atoms with Gasteiger partial charge < -0.3 is 15.0 Å². The van der Waals surface area contributed by atoms with Crippen LogP contribution in [-0.2, 0) is 11.3 Å². The van der Waals surface area contributed by atoms with Crippen molar-refractivity contribution in [2.75, 3.05) is 19.7 Å². The summed E-state index contributed by atoms with van der Waals surface area (Å²) in [4.78, 5) is 13.8. The van der Waals surface area contributed by atoms with Gasteiger partial charge in [0.25, 0.3) is 0 Å². The van der Waals surface area contributed by atoms with E-state index >= 15 is 0 Å². The third kappa shape index (κ3) is 4.96. The Labute approximate surface area is 139 Å². The molecule has 1 saturated carbocycles. The van der Waals surface area contributed by atoms with Crippen molar-refractivity contribution >= 4 is 6.09 Å². The van der Waals surface area contributed by atoms with E-state index in [1.165, 1.54) is 31.2 Å². The summed E-state index contributed by atoms with van der Waals surface area (Å²) in [5.41, 5.74) is 1.40. The number of carbonyl (C=O) groups is 1. The quantitative estimate of drug-likeness (QED) is 0.907. The van der Waals surface area contributed by atoms with Crippen molar-refractivity contribution in [1.29, 1.82) is 0 Å². The van der Waals surface area contributed by atoms with Crippen molar-refractivity contribution in [1.82, 2.24) is 4.90 Å². The second-order valence-electron chi connectivity index (χ2n) is 6.98. The van der Waals surface area contributed by atoms with Gasteiger partial charge in [0.05, 0.1) is 12.6 Å². The molecule has 2 aliphatic rings. The van der Waals surface area contributed by atoms with Gasteiger partial charge in [-0.2, -0.15) is 0 Å². The van der Waals surface area contributed by atoms with E-state index in [1.807, 2.05) is 4.90 Å². The molecule has 3 rings (SSSR count). The van der Waals surface area contributed by atoms with E-state index in [1.54, 1.807) is 0 Å². The number of amides is 1. The second kappa shape index (κ2) is 8.34. The number of hydrogen-bond acceptors (Lipinski definition) is 2. The summed E-state index contributed by atoms with van der Waals surface area (Å²) in [5, 5.41) is 2.47. The standard InChI is InChI=1S/C19H28N2O2/c22-19(21-12-4-5-13-21)23-15-17-8-10-18(11-9-17)20-14-16-6-2-1-3-7-16/h1-3,6-7,17-18,20H,4-5,8-15H2/p+1. The van der Waals surface area contributed by atoms with E-state index in [0.29, 0.717) is 12.5 Å². The highest BCUT2D eigenvalue weighted by Crippen LogP contribution is 2.23. The Balaban J connectivity index is 1.31. The minimum Gasteiger partial charge on any atom is -0.449 e. The average Bonchev–Trinajstić information content (AvgIpc) is 3.14.